The molecule has 0 saturated heterocycles. The fraction of sp³-hybridized carbons (Fsp3) is 0.800. The summed E-state index contributed by atoms with van der Waals surface area (Å²) < 4.78 is 1.44. The van der Waals surface area contributed by atoms with Gasteiger partial charge in [0.25, 0.3) is 7.98 Å². The summed E-state index contributed by atoms with van der Waals surface area (Å²) in [5, 5.41) is 4.10. The van der Waals surface area contributed by atoms with E-state index in [1.54, 1.807) is 0 Å². The van der Waals surface area contributed by atoms with Crippen LogP contribution in [-0.4, -0.2) is 17.7 Å². The maximum Gasteiger partial charge on any atom is 0.264 e. The zero-order valence-corrected chi connectivity index (χ0v) is 12.1. The molecule has 0 amide bonds. The smallest absolute Gasteiger partial charge is 0.264 e. The van der Waals surface area contributed by atoms with Crippen molar-refractivity contribution in [2.45, 2.75) is 77.6 Å². The summed E-state index contributed by atoms with van der Waals surface area (Å²) in [7, 11) is 5.65. The van der Waals surface area contributed by atoms with Crippen molar-refractivity contribution < 1.29 is 0 Å². The van der Waals surface area contributed by atoms with Crippen molar-refractivity contribution in [3.05, 3.63) is 18.0 Å². The molecule has 1 aromatic rings. The highest BCUT2D eigenvalue weighted by molar-refractivity contribution is 6.05. The Morgan fingerprint density at radius 1 is 1.06 bits per heavy atom. The van der Waals surface area contributed by atoms with Gasteiger partial charge in [0.05, 0.1) is 6.20 Å². The Morgan fingerprint density at radius 3 is 2.22 bits per heavy atom. The van der Waals surface area contributed by atoms with Crippen LogP contribution in [0, 0.1) is 0 Å². The Kier molecular flexibility index (Phi) is 7.87. The average Bonchev–Trinajstić information content (AvgIpc) is 2.79. The molecule has 2 nitrogen and oxygen atoms in total. The summed E-state index contributed by atoms with van der Waals surface area (Å²) in [4.78, 5) is 0. The lowest BCUT2D eigenvalue weighted by atomic mass is 9.90. The number of hydrogen-bond acceptors (Lipinski definition) is 1. The van der Waals surface area contributed by atoms with E-state index in [4.69, 9.17) is 7.98 Å². The topological polar surface area (TPSA) is 17.8 Å². The Bertz CT molecular complexity index is 309. The van der Waals surface area contributed by atoms with Crippen LogP contribution in [0.4, 0.5) is 0 Å². The second-order valence-corrected chi connectivity index (χ2v) is 5.30. The van der Waals surface area contributed by atoms with Crippen LogP contribution < -0.4 is 0 Å². The number of rotatable bonds is 10. The van der Waals surface area contributed by atoms with E-state index in [0.29, 0.717) is 5.92 Å². The van der Waals surface area contributed by atoms with Crippen molar-refractivity contribution in [3.8, 4) is 0 Å². The molecule has 0 spiro atoms. The maximum absolute atomic E-state index is 5.65. The van der Waals surface area contributed by atoms with Crippen molar-refractivity contribution in [3.63, 3.8) is 0 Å². The maximum atomic E-state index is 5.65. The Morgan fingerprint density at radius 2 is 1.67 bits per heavy atom. The fourth-order valence-electron chi connectivity index (χ4n) is 2.50. The van der Waals surface area contributed by atoms with Crippen LogP contribution in [0.25, 0.3) is 0 Å². The molecule has 100 valence electrons. The fourth-order valence-corrected chi connectivity index (χ4v) is 2.50. The van der Waals surface area contributed by atoms with Gasteiger partial charge >= 0.3 is 0 Å². The van der Waals surface area contributed by atoms with Crippen molar-refractivity contribution in [2.24, 2.45) is 0 Å². The summed E-state index contributed by atoms with van der Waals surface area (Å²) in [5.41, 5.74) is 1.32. The van der Waals surface area contributed by atoms with E-state index in [-0.39, 0.29) is 0 Å². The zero-order valence-electron chi connectivity index (χ0n) is 12.1. The minimum Gasteiger partial charge on any atom is -0.330 e. The standard InChI is InChI=1S/C15H27BN2/c1-3-5-7-9-11-14(10-8-6-4-2)15-12-17-18(16)13-15/h12-14H,3-11H2,1-2H3. The molecule has 0 saturated carbocycles. The third kappa shape index (κ3) is 5.75. The van der Waals surface area contributed by atoms with E-state index < -0.39 is 0 Å². The van der Waals surface area contributed by atoms with Crippen LogP contribution in [-0.2, 0) is 0 Å². The van der Waals surface area contributed by atoms with Crippen molar-refractivity contribution >= 4 is 7.98 Å². The molecule has 0 aliphatic heterocycles. The lowest BCUT2D eigenvalue weighted by Crippen LogP contribution is -1.99. The molecule has 0 fully saturated rings. The molecule has 2 radical (unpaired) electrons. The highest BCUT2D eigenvalue weighted by Gasteiger charge is 2.12. The van der Waals surface area contributed by atoms with Gasteiger partial charge in [-0.1, -0.05) is 58.8 Å². The van der Waals surface area contributed by atoms with Crippen LogP contribution in [0.15, 0.2) is 12.4 Å². The van der Waals surface area contributed by atoms with Crippen LogP contribution >= 0.6 is 0 Å². The zero-order chi connectivity index (χ0) is 13.2. The lowest BCUT2D eigenvalue weighted by molar-refractivity contribution is 0.501. The van der Waals surface area contributed by atoms with Gasteiger partial charge in [-0.15, -0.1) is 0 Å². The minimum absolute atomic E-state index is 0.658. The van der Waals surface area contributed by atoms with Crippen molar-refractivity contribution in [1.29, 1.82) is 0 Å². The molecule has 1 rings (SSSR count). The SMILES string of the molecule is [B]n1cc(C(CCCCC)CCCCCC)cn1. The van der Waals surface area contributed by atoms with E-state index >= 15 is 0 Å². The second-order valence-electron chi connectivity index (χ2n) is 5.30. The van der Waals surface area contributed by atoms with E-state index in [1.807, 2.05) is 12.4 Å². The number of hydrogen-bond donors (Lipinski definition) is 0. The van der Waals surface area contributed by atoms with Crippen LogP contribution in [0.5, 0.6) is 0 Å². The first-order chi connectivity index (χ1) is 8.77. The molecular formula is C15H27BN2. The summed E-state index contributed by atoms with van der Waals surface area (Å²) in [6.45, 7) is 4.52. The molecule has 1 unspecified atom stereocenters. The lowest BCUT2D eigenvalue weighted by Gasteiger charge is -2.15. The molecule has 1 atom stereocenters. The van der Waals surface area contributed by atoms with E-state index in [9.17, 15) is 0 Å². The highest BCUT2D eigenvalue weighted by Crippen LogP contribution is 2.27. The molecule has 1 aromatic heterocycles. The van der Waals surface area contributed by atoms with Crippen LogP contribution in [0.2, 0.25) is 0 Å². The minimum atomic E-state index is 0.658. The van der Waals surface area contributed by atoms with Crippen LogP contribution in [0.1, 0.15) is 83.1 Å². The van der Waals surface area contributed by atoms with Crippen molar-refractivity contribution in [2.75, 3.05) is 0 Å². The van der Waals surface area contributed by atoms with Gasteiger partial charge in [-0.2, -0.15) is 5.10 Å². The van der Waals surface area contributed by atoms with Gasteiger partial charge in [0, 0.05) is 6.20 Å². The number of unbranched alkanes of at least 4 members (excludes halogenated alkanes) is 5. The largest absolute Gasteiger partial charge is 0.330 e. The first kappa shape index (κ1) is 15.3. The molecule has 0 aliphatic carbocycles. The van der Waals surface area contributed by atoms with E-state index in [0.717, 1.165) is 0 Å². The quantitative estimate of drug-likeness (QED) is 0.440. The molecule has 0 aromatic carbocycles. The molecule has 1 heterocycles. The van der Waals surface area contributed by atoms with Gasteiger partial charge in [0.2, 0.25) is 0 Å². The number of aromatic nitrogens is 2. The van der Waals surface area contributed by atoms with Gasteiger partial charge < -0.3 is 4.59 Å². The third-order valence-corrected chi connectivity index (χ3v) is 3.66. The summed E-state index contributed by atoms with van der Waals surface area (Å²) in [6, 6.07) is 0. The molecule has 0 N–H and O–H groups in total. The summed E-state index contributed by atoms with van der Waals surface area (Å²) >= 11 is 0. The van der Waals surface area contributed by atoms with Gasteiger partial charge in [-0.3, -0.25) is 0 Å². The molecule has 18 heavy (non-hydrogen) atoms. The predicted molar refractivity (Wildman–Crippen MR) is 79.0 cm³/mol. The Balaban J connectivity index is 2.41. The van der Waals surface area contributed by atoms with Crippen molar-refractivity contribution in [1.82, 2.24) is 9.69 Å². The monoisotopic (exact) mass is 246 g/mol. The Labute approximate surface area is 114 Å². The normalized spacial score (nSPS) is 12.8. The second kappa shape index (κ2) is 9.24. The number of nitrogens with zero attached hydrogens (tertiary/aromatic N) is 2. The summed E-state index contributed by atoms with van der Waals surface area (Å²) in [6.07, 6.45) is 15.8. The third-order valence-electron chi connectivity index (χ3n) is 3.66. The van der Waals surface area contributed by atoms with Gasteiger partial charge in [0.15, 0.2) is 0 Å². The van der Waals surface area contributed by atoms with E-state index in [2.05, 4.69) is 18.9 Å². The van der Waals surface area contributed by atoms with Gasteiger partial charge in [0.1, 0.15) is 0 Å². The Hall–Kier alpha value is -0.725. The average molecular weight is 246 g/mol. The highest BCUT2D eigenvalue weighted by atomic mass is 15.2. The summed E-state index contributed by atoms with van der Waals surface area (Å²) in [5.74, 6) is 0.658. The first-order valence-corrected chi connectivity index (χ1v) is 7.57. The molecular weight excluding hydrogens is 219 g/mol. The van der Waals surface area contributed by atoms with Gasteiger partial charge in [-0.05, 0) is 24.3 Å². The first-order valence-electron chi connectivity index (χ1n) is 7.57. The van der Waals surface area contributed by atoms with Gasteiger partial charge in [-0.25, -0.2) is 0 Å². The van der Waals surface area contributed by atoms with Crippen LogP contribution in [0.3, 0.4) is 0 Å². The van der Waals surface area contributed by atoms with E-state index in [1.165, 1.54) is 67.9 Å². The predicted octanol–water partition coefficient (Wildman–Crippen LogP) is 4.45. The molecule has 0 aliphatic rings. The molecule has 0 bridgehead atoms. The molecule has 3 heteroatoms.